The van der Waals surface area contributed by atoms with Crippen LogP contribution in [0, 0.1) is 0 Å². The molecule has 0 bridgehead atoms. The molecule has 0 saturated carbocycles. The van der Waals surface area contributed by atoms with Crippen molar-refractivity contribution < 1.29 is 47.6 Å². The zero-order valence-corrected chi connectivity index (χ0v) is 22.4. The smallest absolute Gasteiger partial charge is 0.744 e. The van der Waals surface area contributed by atoms with Crippen LogP contribution in [0.4, 0.5) is 0 Å². The molecule has 0 aromatic heterocycles. The van der Waals surface area contributed by atoms with E-state index in [0.717, 1.165) is 44.1 Å². The maximum absolute atomic E-state index is 11.6. The van der Waals surface area contributed by atoms with Crippen molar-refractivity contribution >= 4 is 10.1 Å². The number of benzene rings is 1. The first-order valence-corrected chi connectivity index (χ1v) is 13.1. The molecule has 0 spiro atoms. The molecule has 1 N–H and O–H groups in total. The van der Waals surface area contributed by atoms with E-state index in [-0.39, 0.29) is 35.3 Å². The van der Waals surface area contributed by atoms with E-state index >= 15 is 0 Å². The minimum atomic E-state index is -4.67. The Labute approximate surface area is 207 Å². The molecule has 0 atom stereocenters. The average Bonchev–Trinajstić information content (AvgIpc) is 2.67. The molecule has 0 aliphatic rings. The van der Waals surface area contributed by atoms with E-state index in [4.69, 9.17) is 0 Å². The fourth-order valence-electron chi connectivity index (χ4n) is 3.81. The molecule has 1 aromatic rings. The minimum Gasteiger partial charge on any atom is -0.744 e. The molecule has 6 heteroatoms. The van der Waals surface area contributed by atoms with Gasteiger partial charge in [-0.2, -0.15) is 0 Å². The van der Waals surface area contributed by atoms with E-state index < -0.39 is 15.0 Å². The molecule has 0 amide bonds. The number of aryl methyl sites for hydroxylation is 2. The van der Waals surface area contributed by atoms with E-state index in [2.05, 4.69) is 13.8 Å². The second-order valence-electron chi connectivity index (χ2n) is 8.30. The van der Waals surface area contributed by atoms with Crippen LogP contribution in [-0.2, 0) is 23.0 Å². The molecule has 0 saturated heterocycles. The van der Waals surface area contributed by atoms with E-state index in [1.165, 1.54) is 63.9 Å². The van der Waals surface area contributed by atoms with Gasteiger partial charge in [0.25, 0.3) is 0 Å². The molecule has 4 nitrogen and oxygen atoms in total. The maximum atomic E-state index is 11.6. The Kier molecular flexibility index (Phi) is 17.4. The molecular formula is C24H41NaO4S. The molecule has 30 heavy (non-hydrogen) atoms. The first kappa shape index (κ1) is 29.9. The first-order chi connectivity index (χ1) is 13.9. The van der Waals surface area contributed by atoms with Gasteiger partial charge in [-0.15, -0.1) is 0 Å². The number of rotatable bonds is 17. The average molecular weight is 449 g/mol. The second kappa shape index (κ2) is 17.5. The Morgan fingerprint density at radius 2 is 1.17 bits per heavy atom. The first-order valence-electron chi connectivity index (χ1n) is 11.7. The van der Waals surface area contributed by atoms with Crippen molar-refractivity contribution in [2.24, 2.45) is 0 Å². The summed E-state index contributed by atoms with van der Waals surface area (Å²) >= 11 is 0. The maximum Gasteiger partial charge on any atom is 1.00 e. The quantitative estimate of drug-likeness (QED) is 0.223. The van der Waals surface area contributed by atoms with Crippen LogP contribution < -0.4 is 29.6 Å². The van der Waals surface area contributed by atoms with Gasteiger partial charge in [-0.25, -0.2) is 8.42 Å². The van der Waals surface area contributed by atoms with Gasteiger partial charge in [-0.05, 0) is 42.9 Å². The molecule has 1 aromatic carbocycles. The summed E-state index contributed by atoms with van der Waals surface area (Å²) in [5.74, 6) is -0.340. The molecule has 0 aliphatic carbocycles. The molecule has 168 valence electrons. The van der Waals surface area contributed by atoms with Crippen molar-refractivity contribution in [3.05, 3.63) is 23.3 Å². The largest absolute Gasteiger partial charge is 1.00 e. The molecule has 0 radical (unpaired) electrons. The minimum absolute atomic E-state index is 0. The molecule has 0 heterocycles. The summed E-state index contributed by atoms with van der Waals surface area (Å²) in [5.41, 5.74) is 1.45. The van der Waals surface area contributed by atoms with Crippen molar-refractivity contribution in [2.45, 2.75) is 121 Å². The Bertz CT molecular complexity index is 674. The number of unbranched alkanes of at least 4 members (excludes halogenated alkanes) is 12. The van der Waals surface area contributed by atoms with E-state index in [1.807, 2.05) is 6.07 Å². The molecule has 1 rings (SSSR count). The van der Waals surface area contributed by atoms with Crippen molar-refractivity contribution in [1.82, 2.24) is 0 Å². The van der Waals surface area contributed by atoms with E-state index in [1.54, 1.807) is 0 Å². The van der Waals surface area contributed by atoms with Gasteiger partial charge in [0, 0.05) is 0 Å². The van der Waals surface area contributed by atoms with Crippen LogP contribution in [-0.4, -0.2) is 18.1 Å². The Balaban J connectivity index is 0.00000841. The van der Waals surface area contributed by atoms with E-state index in [0.29, 0.717) is 12.0 Å². The third kappa shape index (κ3) is 12.7. The Morgan fingerprint density at radius 1 is 0.733 bits per heavy atom. The van der Waals surface area contributed by atoms with Crippen molar-refractivity contribution in [2.75, 3.05) is 0 Å². The fraction of sp³-hybridized carbons (Fsp3) is 0.750. The Hall–Kier alpha value is -0.0700. The van der Waals surface area contributed by atoms with Gasteiger partial charge in [-0.3, -0.25) is 0 Å². The van der Waals surface area contributed by atoms with Crippen molar-refractivity contribution in [3.8, 4) is 5.75 Å². The van der Waals surface area contributed by atoms with Crippen LogP contribution in [0.25, 0.3) is 0 Å². The van der Waals surface area contributed by atoms with Crippen LogP contribution >= 0.6 is 0 Å². The summed E-state index contributed by atoms with van der Waals surface area (Å²) in [6, 6.07) is 3.28. The molecule has 0 unspecified atom stereocenters. The van der Waals surface area contributed by atoms with Crippen molar-refractivity contribution in [1.29, 1.82) is 0 Å². The molecular weight excluding hydrogens is 407 g/mol. The monoisotopic (exact) mass is 448 g/mol. The standard InChI is InChI=1S/C24H42O4S.Na/c1-3-5-7-9-11-12-13-15-17-21-19-22(18-16-14-10-8-6-4-2)24(25)23(20-21)29(26,27)28;/h19-20,25H,3-18H2,1-2H3,(H,26,27,28);/q;+1/p-1. The zero-order valence-electron chi connectivity index (χ0n) is 19.5. The van der Waals surface area contributed by atoms with Crippen LogP contribution in [0.3, 0.4) is 0 Å². The third-order valence-electron chi connectivity index (χ3n) is 5.60. The summed E-state index contributed by atoms with van der Waals surface area (Å²) in [7, 11) is -4.67. The normalized spacial score (nSPS) is 11.4. The summed E-state index contributed by atoms with van der Waals surface area (Å²) in [4.78, 5) is -0.449. The van der Waals surface area contributed by atoms with Crippen LogP contribution in [0.2, 0.25) is 0 Å². The van der Waals surface area contributed by atoms with Gasteiger partial charge >= 0.3 is 29.6 Å². The van der Waals surface area contributed by atoms with Crippen LogP contribution in [0.15, 0.2) is 17.0 Å². The number of hydrogen-bond donors (Lipinski definition) is 1. The number of phenols is 1. The van der Waals surface area contributed by atoms with Crippen molar-refractivity contribution in [3.63, 3.8) is 0 Å². The molecule has 0 aliphatic heterocycles. The van der Waals surface area contributed by atoms with E-state index in [9.17, 15) is 18.1 Å². The summed E-state index contributed by atoms with van der Waals surface area (Å²) in [6.45, 7) is 4.40. The SMILES string of the molecule is CCCCCCCCCCc1cc(CCCCCCCC)c(O)c(S(=O)(=O)[O-])c1.[Na+]. The topological polar surface area (TPSA) is 77.4 Å². The predicted molar refractivity (Wildman–Crippen MR) is 119 cm³/mol. The molecule has 0 fully saturated rings. The van der Waals surface area contributed by atoms with Crippen LogP contribution in [0.5, 0.6) is 5.75 Å². The Morgan fingerprint density at radius 3 is 1.63 bits per heavy atom. The summed E-state index contributed by atoms with van der Waals surface area (Å²) < 4.78 is 34.8. The van der Waals surface area contributed by atoms with Crippen LogP contribution in [0.1, 0.15) is 115 Å². The van der Waals surface area contributed by atoms with Gasteiger partial charge in [0.15, 0.2) is 0 Å². The summed E-state index contributed by atoms with van der Waals surface area (Å²) in [5, 5.41) is 10.3. The van der Waals surface area contributed by atoms with Gasteiger partial charge in [0.05, 0.1) is 4.90 Å². The second-order valence-corrected chi connectivity index (χ2v) is 9.65. The number of aromatic hydroxyl groups is 1. The van der Waals surface area contributed by atoms with Gasteiger partial charge in [-0.1, -0.05) is 97.0 Å². The summed E-state index contributed by atoms with van der Waals surface area (Å²) in [6.07, 6.45) is 17.8. The number of phenolic OH excluding ortho intramolecular Hbond substituents is 1. The predicted octanol–water partition coefficient (Wildman–Crippen LogP) is 3.89. The van der Waals surface area contributed by atoms with Gasteiger partial charge < -0.3 is 9.66 Å². The number of hydrogen-bond acceptors (Lipinski definition) is 4. The third-order valence-corrected chi connectivity index (χ3v) is 6.45. The van der Waals surface area contributed by atoms with Gasteiger partial charge in [0.1, 0.15) is 15.9 Å². The fourth-order valence-corrected chi connectivity index (χ4v) is 4.48. The van der Waals surface area contributed by atoms with Gasteiger partial charge in [0.2, 0.25) is 0 Å². The zero-order chi connectivity index (χ0) is 21.5.